The Morgan fingerprint density at radius 1 is 0.774 bits per heavy atom. The summed E-state index contributed by atoms with van der Waals surface area (Å²) >= 11 is 0. The number of carbonyl (C=O) groups excluding carboxylic acids is 2. The zero-order valence-electron chi connectivity index (χ0n) is 17.4. The van der Waals surface area contributed by atoms with Crippen LogP contribution in [0.5, 0.6) is 0 Å². The van der Waals surface area contributed by atoms with Gasteiger partial charge >= 0.3 is 11.9 Å². The molecule has 2 aromatic rings. The molecule has 0 spiro atoms. The summed E-state index contributed by atoms with van der Waals surface area (Å²) in [5.74, 6) is -1.14. The molecule has 4 rings (SSSR count). The number of benzene rings is 2. The Kier molecular flexibility index (Phi) is 6.79. The van der Waals surface area contributed by atoms with Gasteiger partial charge in [0.2, 0.25) is 0 Å². The maximum Gasteiger partial charge on any atom is 0.334 e. The van der Waals surface area contributed by atoms with Crippen molar-refractivity contribution in [1.29, 1.82) is 0 Å². The van der Waals surface area contributed by atoms with Crippen molar-refractivity contribution in [2.24, 2.45) is 0 Å². The monoisotopic (exact) mass is 422 g/mol. The highest BCUT2D eigenvalue weighted by Crippen LogP contribution is 2.36. The van der Waals surface area contributed by atoms with E-state index < -0.39 is 11.9 Å². The van der Waals surface area contributed by atoms with E-state index in [1.54, 1.807) is 0 Å². The van der Waals surface area contributed by atoms with Crippen LogP contribution in [0.2, 0.25) is 0 Å². The molecule has 0 N–H and O–H groups in total. The van der Waals surface area contributed by atoms with Crippen molar-refractivity contribution in [3.05, 3.63) is 82.9 Å². The Morgan fingerprint density at radius 2 is 1.29 bits per heavy atom. The van der Waals surface area contributed by atoms with Crippen molar-refractivity contribution >= 4 is 11.9 Å². The van der Waals surface area contributed by atoms with Crippen LogP contribution in [0.3, 0.4) is 0 Å². The SMILES string of the molecule is C=C(CC(=O)OCCOC1Cc2ccccc21)C(=O)OCCOC1Cc2ccccc21. The minimum Gasteiger partial charge on any atom is -0.463 e. The number of hydrogen-bond donors (Lipinski definition) is 0. The smallest absolute Gasteiger partial charge is 0.334 e. The van der Waals surface area contributed by atoms with Gasteiger partial charge in [0.15, 0.2) is 0 Å². The number of esters is 2. The first-order valence-corrected chi connectivity index (χ1v) is 10.5. The highest BCUT2D eigenvalue weighted by molar-refractivity contribution is 5.93. The predicted molar refractivity (Wildman–Crippen MR) is 113 cm³/mol. The first-order chi connectivity index (χ1) is 15.1. The zero-order chi connectivity index (χ0) is 21.6. The molecule has 0 saturated carbocycles. The third kappa shape index (κ3) is 5.21. The lowest BCUT2D eigenvalue weighted by Gasteiger charge is -2.29. The second kappa shape index (κ2) is 9.90. The lowest BCUT2D eigenvalue weighted by Crippen LogP contribution is -2.23. The maximum absolute atomic E-state index is 12.0. The van der Waals surface area contributed by atoms with Crippen LogP contribution < -0.4 is 0 Å². The second-order valence-electron chi connectivity index (χ2n) is 7.66. The van der Waals surface area contributed by atoms with Crippen molar-refractivity contribution < 1.29 is 28.5 Å². The largest absolute Gasteiger partial charge is 0.463 e. The highest BCUT2D eigenvalue weighted by Gasteiger charge is 2.27. The molecule has 0 heterocycles. The summed E-state index contributed by atoms with van der Waals surface area (Å²) in [7, 11) is 0. The van der Waals surface area contributed by atoms with Crippen molar-refractivity contribution in [3.63, 3.8) is 0 Å². The van der Waals surface area contributed by atoms with Gasteiger partial charge in [-0.3, -0.25) is 4.79 Å². The van der Waals surface area contributed by atoms with Crippen LogP contribution in [0.15, 0.2) is 60.7 Å². The van der Waals surface area contributed by atoms with E-state index in [1.165, 1.54) is 22.3 Å². The molecule has 0 radical (unpaired) electrons. The average molecular weight is 422 g/mol. The van der Waals surface area contributed by atoms with Crippen LogP contribution in [-0.4, -0.2) is 38.4 Å². The molecule has 2 unspecified atom stereocenters. The van der Waals surface area contributed by atoms with Gasteiger partial charge in [-0.05, 0) is 22.3 Å². The van der Waals surface area contributed by atoms with Crippen LogP contribution in [0.1, 0.15) is 40.9 Å². The minimum absolute atomic E-state index is 0.0590. The number of ether oxygens (including phenoxy) is 4. The Bertz CT molecular complexity index is 966. The number of fused-ring (bicyclic) bond motifs is 2. The van der Waals surface area contributed by atoms with E-state index in [4.69, 9.17) is 18.9 Å². The lowest BCUT2D eigenvalue weighted by molar-refractivity contribution is -0.148. The third-order valence-corrected chi connectivity index (χ3v) is 5.56. The number of rotatable bonds is 11. The molecular weight excluding hydrogens is 396 g/mol. The van der Waals surface area contributed by atoms with E-state index in [0.29, 0.717) is 13.2 Å². The lowest BCUT2D eigenvalue weighted by atomic mass is 9.85. The van der Waals surface area contributed by atoms with Crippen LogP contribution >= 0.6 is 0 Å². The van der Waals surface area contributed by atoms with Crippen molar-refractivity contribution in [3.8, 4) is 0 Å². The minimum atomic E-state index is -0.614. The average Bonchev–Trinajstić information content (AvgIpc) is 2.73. The third-order valence-electron chi connectivity index (χ3n) is 5.56. The fraction of sp³-hybridized carbons (Fsp3) is 0.360. The molecule has 0 aromatic heterocycles. The van der Waals surface area contributed by atoms with Crippen LogP contribution in [0.25, 0.3) is 0 Å². The normalized spacial score (nSPS) is 18.1. The zero-order valence-corrected chi connectivity index (χ0v) is 17.4. The molecule has 6 heteroatoms. The Labute approximate surface area is 181 Å². The molecule has 2 atom stereocenters. The standard InChI is InChI=1S/C25H26O6/c1-17(25(27)31-13-11-29-23-16-19-7-3-5-9-21(19)23)14-24(26)30-12-10-28-22-15-18-6-2-4-8-20(18)22/h2-9,22-23H,1,10-16H2. The Morgan fingerprint density at radius 3 is 1.84 bits per heavy atom. The molecular formula is C25H26O6. The molecule has 0 saturated heterocycles. The molecule has 0 bridgehead atoms. The van der Waals surface area contributed by atoms with E-state index in [9.17, 15) is 9.59 Å². The summed E-state index contributed by atoms with van der Waals surface area (Å²) in [6.07, 6.45) is 1.67. The van der Waals surface area contributed by atoms with E-state index in [1.807, 2.05) is 36.4 Å². The second-order valence-corrected chi connectivity index (χ2v) is 7.66. The summed E-state index contributed by atoms with van der Waals surface area (Å²) in [5.41, 5.74) is 5.02. The molecule has 0 fully saturated rings. The van der Waals surface area contributed by atoms with Crippen LogP contribution in [0.4, 0.5) is 0 Å². The van der Waals surface area contributed by atoms with Gasteiger partial charge in [-0.1, -0.05) is 55.1 Å². The van der Waals surface area contributed by atoms with Crippen molar-refractivity contribution in [1.82, 2.24) is 0 Å². The fourth-order valence-corrected chi connectivity index (χ4v) is 3.79. The summed E-state index contributed by atoms with van der Waals surface area (Å²) in [5, 5.41) is 0. The predicted octanol–water partition coefficient (Wildman–Crippen LogP) is 3.65. The molecule has 2 aromatic carbocycles. The molecule has 2 aliphatic rings. The molecule has 31 heavy (non-hydrogen) atoms. The number of hydrogen-bond acceptors (Lipinski definition) is 6. The van der Waals surface area contributed by atoms with Gasteiger partial charge < -0.3 is 18.9 Å². The Hall–Kier alpha value is -2.96. The topological polar surface area (TPSA) is 71.1 Å². The fourth-order valence-electron chi connectivity index (χ4n) is 3.79. The van der Waals surface area contributed by atoms with Gasteiger partial charge in [-0.15, -0.1) is 0 Å². The summed E-state index contributed by atoms with van der Waals surface area (Å²) in [6.45, 7) is 4.48. The first-order valence-electron chi connectivity index (χ1n) is 10.5. The molecule has 0 aliphatic heterocycles. The molecule has 0 amide bonds. The van der Waals surface area contributed by atoms with Crippen molar-refractivity contribution in [2.75, 3.05) is 26.4 Å². The number of carbonyl (C=O) groups is 2. The van der Waals surface area contributed by atoms with Gasteiger partial charge in [-0.25, -0.2) is 4.79 Å². The molecule has 2 aliphatic carbocycles. The first kappa shape index (κ1) is 21.3. The van der Waals surface area contributed by atoms with E-state index in [-0.39, 0.29) is 37.4 Å². The summed E-state index contributed by atoms with van der Waals surface area (Å²) in [4.78, 5) is 23.9. The van der Waals surface area contributed by atoms with Gasteiger partial charge in [0, 0.05) is 18.4 Å². The highest BCUT2D eigenvalue weighted by atomic mass is 16.6. The van der Waals surface area contributed by atoms with Gasteiger partial charge in [0.25, 0.3) is 0 Å². The van der Waals surface area contributed by atoms with Gasteiger partial charge in [0.1, 0.15) is 13.2 Å². The van der Waals surface area contributed by atoms with E-state index >= 15 is 0 Å². The molecule has 162 valence electrons. The molecule has 6 nitrogen and oxygen atoms in total. The van der Waals surface area contributed by atoms with Gasteiger partial charge in [-0.2, -0.15) is 0 Å². The maximum atomic E-state index is 12.0. The summed E-state index contributed by atoms with van der Waals surface area (Å²) < 4.78 is 21.7. The van der Waals surface area contributed by atoms with Crippen LogP contribution in [-0.2, 0) is 41.4 Å². The van der Waals surface area contributed by atoms with Crippen LogP contribution in [0, 0.1) is 0 Å². The Balaban J connectivity index is 1.05. The van der Waals surface area contributed by atoms with E-state index in [0.717, 1.165) is 12.8 Å². The van der Waals surface area contributed by atoms with Crippen molar-refractivity contribution in [2.45, 2.75) is 31.5 Å². The summed E-state index contributed by atoms with van der Waals surface area (Å²) in [6, 6.07) is 16.2. The van der Waals surface area contributed by atoms with Gasteiger partial charge in [0.05, 0.1) is 31.8 Å². The quantitative estimate of drug-likeness (QED) is 0.313. The van der Waals surface area contributed by atoms with E-state index in [2.05, 4.69) is 18.7 Å².